The summed E-state index contributed by atoms with van der Waals surface area (Å²) in [6.45, 7) is 8.48. The number of nitrogens with one attached hydrogen (secondary N) is 3. The van der Waals surface area contributed by atoms with Crippen molar-refractivity contribution in [2.24, 2.45) is 5.92 Å². The Labute approximate surface area is 309 Å². The molecule has 0 radical (unpaired) electrons. The molecule has 0 bridgehead atoms. The van der Waals surface area contributed by atoms with E-state index in [1.807, 2.05) is 24.3 Å². The Bertz CT molecular complexity index is 1760. The molecule has 5 amide bonds. The van der Waals surface area contributed by atoms with E-state index in [1.54, 1.807) is 20.8 Å². The van der Waals surface area contributed by atoms with Crippen molar-refractivity contribution in [3.05, 3.63) is 35.4 Å². The average Bonchev–Trinajstić information content (AvgIpc) is 3.41. The number of benzene rings is 1. The number of hydrogen-bond donors (Lipinski definition) is 3. The zero-order valence-electron chi connectivity index (χ0n) is 30.8. The van der Waals surface area contributed by atoms with Gasteiger partial charge in [0.1, 0.15) is 29.3 Å². The molecular weight excluding hydrogens is 710 g/mol. The molecule has 5 aliphatic rings. The normalized spacial score (nSPS) is 27.7. The summed E-state index contributed by atoms with van der Waals surface area (Å²) in [5.41, 5.74) is -0.635. The molecule has 5 atom stereocenters. The smallest absolute Gasteiger partial charge is 0.410 e. The molecule has 1 aliphatic carbocycles. The van der Waals surface area contributed by atoms with Gasteiger partial charge in [-0.05, 0) is 83.6 Å². The third-order valence-electron chi connectivity index (χ3n) is 10.1. The minimum Gasteiger partial charge on any atom is -0.454 e. The van der Waals surface area contributed by atoms with E-state index in [0.29, 0.717) is 24.3 Å². The standard InChI is InChI=1S/C36H49N5O11S/c1-21(2)53(47,48)39-32(44)36-16-24(36)11-9-7-6-8-10-12-26(37-33(45)52-35(3,4)5)31(43)41-19-25(15-27(41)30(42)38-36)51-34(46)40-17-22-13-28-29(50-20-49-28)14-23(22)18-40/h9,11,13-14,21,24-27H,6-8,10,12,15-20H2,1-5H3,(H,37,45)(H,38,42)(H,39,44)/b11-9-/t24-,25-,26+,27+,36-/m1/s1. The fourth-order valence-corrected chi connectivity index (χ4v) is 7.76. The van der Waals surface area contributed by atoms with Gasteiger partial charge >= 0.3 is 12.2 Å². The van der Waals surface area contributed by atoms with Gasteiger partial charge in [0, 0.05) is 25.4 Å². The van der Waals surface area contributed by atoms with E-state index in [0.717, 1.165) is 24.0 Å². The number of carbonyl (C=O) groups excluding carboxylic acids is 5. The van der Waals surface area contributed by atoms with Crippen LogP contribution in [0.25, 0.3) is 0 Å². The van der Waals surface area contributed by atoms with E-state index in [-0.39, 0.29) is 45.7 Å². The Balaban J connectivity index is 1.24. The Kier molecular flexibility index (Phi) is 10.6. The summed E-state index contributed by atoms with van der Waals surface area (Å²) >= 11 is 0. The Morgan fingerprint density at radius 1 is 1.04 bits per heavy atom. The van der Waals surface area contributed by atoms with Crippen LogP contribution < -0.4 is 24.8 Å². The fourth-order valence-electron chi connectivity index (χ4n) is 7.09. The molecule has 6 rings (SSSR count). The molecule has 2 fully saturated rings. The van der Waals surface area contributed by atoms with Crippen LogP contribution in [0.2, 0.25) is 0 Å². The highest BCUT2D eigenvalue weighted by atomic mass is 32.2. The molecule has 1 saturated carbocycles. The number of ether oxygens (including phenoxy) is 4. The van der Waals surface area contributed by atoms with E-state index in [2.05, 4.69) is 15.4 Å². The van der Waals surface area contributed by atoms with E-state index >= 15 is 0 Å². The Morgan fingerprint density at radius 3 is 2.36 bits per heavy atom. The van der Waals surface area contributed by atoms with Gasteiger partial charge in [-0.15, -0.1) is 0 Å². The summed E-state index contributed by atoms with van der Waals surface area (Å²) in [6, 6.07) is 1.39. The molecular formula is C36H49N5O11S. The monoisotopic (exact) mass is 759 g/mol. The van der Waals surface area contributed by atoms with Crippen molar-refractivity contribution in [2.45, 2.75) is 127 Å². The van der Waals surface area contributed by atoms with Crippen molar-refractivity contribution in [2.75, 3.05) is 13.3 Å². The number of carbonyl (C=O) groups is 5. The molecule has 1 aromatic carbocycles. The number of rotatable bonds is 5. The number of sulfonamides is 1. The summed E-state index contributed by atoms with van der Waals surface area (Å²) in [5.74, 6) is -1.43. The lowest BCUT2D eigenvalue weighted by Gasteiger charge is -2.30. The third kappa shape index (κ3) is 8.49. The van der Waals surface area contributed by atoms with E-state index in [9.17, 15) is 32.4 Å². The lowest BCUT2D eigenvalue weighted by Crippen LogP contribution is -2.58. The summed E-state index contributed by atoms with van der Waals surface area (Å²) in [7, 11) is -4.02. The first-order valence-electron chi connectivity index (χ1n) is 18.2. The van der Waals surface area contributed by atoms with Gasteiger partial charge in [-0.3, -0.25) is 24.0 Å². The molecule has 16 nitrogen and oxygen atoms in total. The molecule has 290 valence electrons. The Morgan fingerprint density at radius 2 is 1.72 bits per heavy atom. The van der Waals surface area contributed by atoms with Gasteiger partial charge in [-0.25, -0.2) is 18.0 Å². The maximum atomic E-state index is 14.3. The van der Waals surface area contributed by atoms with Crippen molar-refractivity contribution >= 4 is 39.9 Å². The van der Waals surface area contributed by atoms with Crippen LogP contribution in [0.15, 0.2) is 24.3 Å². The van der Waals surface area contributed by atoms with Gasteiger partial charge in [0.05, 0.1) is 11.8 Å². The molecule has 0 unspecified atom stereocenters. The maximum absolute atomic E-state index is 14.3. The molecule has 4 heterocycles. The first kappa shape index (κ1) is 38.2. The molecule has 0 spiro atoms. The first-order valence-corrected chi connectivity index (χ1v) is 19.7. The second-order valence-electron chi connectivity index (χ2n) is 15.6. The number of alkyl carbamates (subject to hydrolysis) is 1. The number of amides is 5. The second-order valence-corrected chi connectivity index (χ2v) is 17.9. The predicted octanol–water partition coefficient (Wildman–Crippen LogP) is 2.98. The highest BCUT2D eigenvalue weighted by molar-refractivity contribution is 7.90. The zero-order valence-corrected chi connectivity index (χ0v) is 31.6. The largest absolute Gasteiger partial charge is 0.454 e. The summed E-state index contributed by atoms with van der Waals surface area (Å²) < 4.78 is 49.9. The minimum atomic E-state index is -4.02. The lowest BCUT2D eigenvalue weighted by molar-refractivity contribution is -0.141. The molecule has 53 heavy (non-hydrogen) atoms. The summed E-state index contributed by atoms with van der Waals surface area (Å²) in [4.78, 5) is 71.4. The molecule has 0 aromatic heterocycles. The third-order valence-corrected chi connectivity index (χ3v) is 11.8. The quantitative estimate of drug-likeness (QED) is 0.373. The minimum absolute atomic E-state index is 0.0955. The topological polar surface area (TPSA) is 199 Å². The van der Waals surface area contributed by atoms with Crippen LogP contribution in [0.1, 0.15) is 90.7 Å². The van der Waals surface area contributed by atoms with Crippen molar-refractivity contribution < 1.29 is 51.3 Å². The summed E-state index contributed by atoms with van der Waals surface area (Å²) in [5, 5.41) is 4.58. The fraction of sp³-hybridized carbons (Fsp3) is 0.639. The molecule has 1 aromatic rings. The maximum Gasteiger partial charge on any atom is 0.410 e. The molecule has 1 saturated heterocycles. The van der Waals surface area contributed by atoms with Crippen LogP contribution in [-0.2, 0) is 47.0 Å². The first-order chi connectivity index (χ1) is 25.0. The van der Waals surface area contributed by atoms with Gasteiger partial charge in [0.25, 0.3) is 5.91 Å². The molecule has 17 heteroatoms. The average molecular weight is 760 g/mol. The Hall–Kier alpha value is -4.54. The van der Waals surface area contributed by atoms with Crippen molar-refractivity contribution in [1.82, 2.24) is 25.2 Å². The number of fused-ring (bicyclic) bond motifs is 4. The highest BCUT2D eigenvalue weighted by Gasteiger charge is 2.61. The number of hydrogen-bond acceptors (Lipinski definition) is 11. The van der Waals surface area contributed by atoms with E-state index in [4.69, 9.17) is 18.9 Å². The van der Waals surface area contributed by atoms with Crippen LogP contribution in [0.4, 0.5) is 9.59 Å². The van der Waals surface area contributed by atoms with E-state index < -0.39 is 80.4 Å². The van der Waals surface area contributed by atoms with Crippen molar-refractivity contribution in [3.8, 4) is 11.5 Å². The van der Waals surface area contributed by atoms with Crippen LogP contribution in [-0.4, -0.2) is 96.0 Å². The lowest BCUT2D eigenvalue weighted by atomic mass is 10.0. The summed E-state index contributed by atoms with van der Waals surface area (Å²) in [6.07, 6.45) is 4.44. The molecule has 4 aliphatic heterocycles. The number of nitrogens with zero attached hydrogens (tertiary/aromatic N) is 2. The van der Waals surface area contributed by atoms with Gasteiger partial charge in [0.15, 0.2) is 11.5 Å². The van der Waals surface area contributed by atoms with Crippen LogP contribution >= 0.6 is 0 Å². The number of allylic oxidation sites excluding steroid dienone is 1. The molecule has 3 N–H and O–H groups in total. The highest BCUT2D eigenvalue weighted by Crippen LogP contribution is 2.46. The van der Waals surface area contributed by atoms with Crippen LogP contribution in [0.3, 0.4) is 0 Å². The van der Waals surface area contributed by atoms with E-state index in [1.165, 1.54) is 23.6 Å². The van der Waals surface area contributed by atoms with Crippen LogP contribution in [0.5, 0.6) is 11.5 Å². The zero-order chi connectivity index (χ0) is 38.3. The van der Waals surface area contributed by atoms with Crippen molar-refractivity contribution in [1.29, 1.82) is 0 Å². The predicted molar refractivity (Wildman–Crippen MR) is 189 cm³/mol. The SMILES string of the molecule is CC(C)S(=O)(=O)NC(=O)[C@@]12C[C@H]1/C=C\CCCCC[C@H](NC(=O)OC(C)(C)C)C(=O)N1C[C@H](OC(=O)N3Cc4cc5c(cc4C3)OCO5)C[C@H]1C(=O)N2. The van der Waals surface area contributed by atoms with Gasteiger partial charge in [0.2, 0.25) is 28.6 Å². The van der Waals surface area contributed by atoms with Gasteiger partial charge in [-0.2, -0.15) is 0 Å². The second kappa shape index (κ2) is 14.7. The van der Waals surface area contributed by atoms with Gasteiger partial charge in [-0.1, -0.05) is 25.0 Å². The van der Waals surface area contributed by atoms with Crippen molar-refractivity contribution in [3.63, 3.8) is 0 Å². The van der Waals surface area contributed by atoms with Gasteiger partial charge < -0.3 is 34.5 Å². The van der Waals surface area contributed by atoms with Crippen LogP contribution in [0, 0.1) is 5.92 Å².